The molecule has 8 heteroatoms. The lowest BCUT2D eigenvalue weighted by atomic mass is 9.80. The predicted molar refractivity (Wildman–Crippen MR) is 91.1 cm³/mol. The number of carbonyl (C=O) groups excluding carboxylic acids is 1. The van der Waals surface area contributed by atoms with Crippen LogP contribution in [-0.4, -0.2) is 31.2 Å². The highest BCUT2D eigenvalue weighted by Gasteiger charge is 2.57. The van der Waals surface area contributed by atoms with Gasteiger partial charge in [-0.2, -0.15) is 9.57 Å². The van der Waals surface area contributed by atoms with Crippen molar-refractivity contribution in [3.8, 4) is 6.07 Å². The number of nitriles is 1. The molecule has 1 amide bonds. The Bertz CT molecular complexity index is 1050. The summed E-state index contributed by atoms with van der Waals surface area (Å²) in [5, 5.41) is 12.3. The number of hydrogen-bond donors (Lipinski definition) is 1. The molecule has 0 saturated carbocycles. The van der Waals surface area contributed by atoms with Crippen molar-refractivity contribution in [2.24, 2.45) is 0 Å². The Morgan fingerprint density at radius 1 is 1.19 bits per heavy atom. The van der Waals surface area contributed by atoms with Crippen molar-refractivity contribution < 1.29 is 17.6 Å². The molecule has 0 aliphatic carbocycles. The molecule has 2 aromatic carbocycles. The van der Waals surface area contributed by atoms with Crippen LogP contribution >= 0.6 is 0 Å². The average Bonchev–Trinajstić information content (AvgIpc) is 3.16. The lowest BCUT2D eigenvalue weighted by molar-refractivity contribution is -0.120. The molecule has 132 valence electrons. The highest BCUT2D eigenvalue weighted by molar-refractivity contribution is 7.89. The first-order chi connectivity index (χ1) is 12.4. The van der Waals surface area contributed by atoms with Gasteiger partial charge < -0.3 is 5.32 Å². The Balaban J connectivity index is 1.79. The van der Waals surface area contributed by atoms with Gasteiger partial charge in [-0.25, -0.2) is 12.8 Å². The second-order valence-corrected chi connectivity index (χ2v) is 8.33. The summed E-state index contributed by atoms with van der Waals surface area (Å²) >= 11 is 0. The number of halogens is 1. The zero-order chi connectivity index (χ0) is 18.5. The van der Waals surface area contributed by atoms with E-state index in [4.69, 9.17) is 0 Å². The Morgan fingerprint density at radius 3 is 2.58 bits per heavy atom. The third kappa shape index (κ3) is 2.25. The standard InChI is InChI=1S/C18H14FN3O3S/c19-12-5-7-14(8-6-12)26(24,25)22-11-18(9-13(22)10-20)15-3-1-2-4-16(15)21-17(18)23/h1-8,13H,9,11H2,(H,21,23)/t13-,18-/m0/s1. The fourth-order valence-electron chi connectivity index (χ4n) is 3.71. The summed E-state index contributed by atoms with van der Waals surface area (Å²) in [4.78, 5) is 12.6. The Morgan fingerprint density at radius 2 is 1.88 bits per heavy atom. The number of sulfonamides is 1. The van der Waals surface area contributed by atoms with Crippen molar-refractivity contribution in [3.63, 3.8) is 0 Å². The van der Waals surface area contributed by atoms with Crippen LogP contribution in [0.4, 0.5) is 10.1 Å². The molecular weight excluding hydrogens is 357 g/mol. The van der Waals surface area contributed by atoms with Gasteiger partial charge >= 0.3 is 0 Å². The molecule has 2 aliphatic rings. The van der Waals surface area contributed by atoms with Crippen LogP contribution in [0, 0.1) is 17.1 Å². The minimum absolute atomic E-state index is 0.0762. The maximum absolute atomic E-state index is 13.1. The molecule has 2 aliphatic heterocycles. The van der Waals surface area contributed by atoms with Crippen LogP contribution in [0.5, 0.6) is 0 Å². The quantitative estimate of drug-likeness (QED) is 0.874. The van der Waals surface area contributed by atoms with Crippen molar-refractivity contribution in [2.45, 2.75) is 22.8 Å². The minimum atomic E-state index is -4.04. The first-order valence-electron chi connectivity index (χ1n) is 7.96. The Labute approximate surface area is 149 Å². The summed E-state index contributed by atoms with van der Waals surface area (Å²) < 4.78 is 40.2. The van der Waals surface area contributed by atoms with Gasteiger partial charge in [-0.15, -0.1) is 0 Å². The lowest BCUT2D eigenvalue weighted by Crippen LogP contribution is -2.40. The number of rotatable bonds is 2. The van der Waals surface area contributed by atoms with Crippen LogP contribution in [0.1, 0.15) is 12.0 Å². The van der Waals surface area contributed by atoms with Crippen LogP contribution in [0.25, 0.3) is 0 Å². The Hall–Kier alpha value is -2.76. The van der Waals surface area contributed by atoms with E-state index < -0.39 is 27.3 Å². The van der Waals surface area contributed by atoms with Crippen molar-refractivity contribution in [1.29, 1.82) is 5.26 Å². The summed E-state index contributed by atoms with van der Waals surface area (Å²) in [6.45, 7) is -0.131. The number of anilines is 1. The van der Waals surface area contributed by atoms with Crippen molar-refractivity contribution in [2.75, 3.05) is 11.9 Å². The molecule has 0 radical (unpaired) electrons. The molecule has 6 nitrogen and oxygen atoms in total. The van der Waals surface area contributed by atoms with E-state index in [0.717, 1.165) is 28.6 Å². The summed E-state index contributed by atoms with van der Waals surface area (Å²) in [6.07, 6.45) is 0.0762. The lowest BCUT2D eigenvalue weighted by Gasteiger charge is -2.22. The van der Waals surface area contributed by atoms with E-state index in [1.54, 1.807) is 24.3 Å². The first-order valence-corrected chi connectivity index (χ1v) is 9.40. The van der Waals surface area contributed by atoms with Crippen LogP contribution in [-0.2, 0) is 20.2 Å². The summed E-state index contributed by atoms with van der Waals surface area (Å²) in [5.41, 5.74) is 0.238. The largest absolute Gasteiger partial charge is 0.325 e. The van der Waals surface area contributed by atoms with Gasteiger partial charge in [0.05, 0.1) is 16.4 Å². The van der Waals surface area contributed by atoms with Crippen LogP contribution in [0.2, 0.25) is 0 Å². The zero-order valence-corrected chi connectivity index (χ0v) is 14.3. The molecule has 1 spiro atoms. The number of fused-ring (bicyclic) bond motifs is 2. The number of carbonyl (C=O) groups is 1. The van der Waals surface area contributed by atoms with Crippen LogP contribution in [0.15, 0.2) is 53.4 Å². The smallest absolute Gasteiger partial charge is 0.244 e. The fourth-order valence-corrected chi connectivity index (χ4v) is 5.31. The van der Waals surface area contributed by atoms with Crippen LogP contribution < -0.4 is 5.32 Å². The molecular formula is C18H14FN3O3S. The summed E-state index contributed by atoms with van der Waals surface area (Å²) in [7, 11) is -4.04. The van der Waals surface area contributed by atoms with Gasteiger partial charge in [0.2, 0.25) is 15.9 Å². The maximum atomic E-state index is 13.1. The SMILES string of the molecule is N#C[C@@H]1C[C@@]2(CN1S(=O)(=O)c1ccc(F)cc1)C(=O)Nc1ccccc12. The second kappa shape index (κ2) is 5.62. The highest BCUT2D eigenvalue weighted by Crippen LogP contribution is 2.47. The molecule has 1 fully saturated rings. The monoisotopic (exact) mass is 371 g/mol. The molecule has 2 aromatic rings. The van der Waals surface area contributed by atoms with Gasteiger partial charge in [-0.1, -0.05) is 18.2 Å². The van der Waals surface area contributed by atoms with E-state index in [2.05, 4.69) is 5.32 Å². The molecule has 4 rings (SSSR count). The molecule has 0 aromatic heterocycles. The summed E-state index contributed by atoms with van der Waals surface area (Å²) in [5.74, 6) is -0.862. The van der Waals surface area contributed by atoms with E-state index in [1.165, 1.54) is 0 Å². The fraction of sp³-hybridized carbons (Fsp3) is 0.222. The first kappa shape index (κ1) is 16.7. The second-order valence-electron chi connectivity index (χ2n) is 6.44. The van der Waals surface area contributed by atoms with Gasteiger partial charge in [0.1, 0.15) is 11.9 Å². The molecule has 0 bridgehead atoms. The zero-order valence-electron chi connectivity index (χ0n) is 13.5. The van der Waals surface area contributed by atoms with E-state index in [9.17, 15) is 22.9 Å². The van der Waals surface area contributed by atoms with E-state index >= 15 is 0 Å². The molecule has 0 unspecified atom stereocenters. The van der Waals surface area contributed by atoms with Gasteiger partial charge in [0.15, 0.2) is 0 Å². The summed E-state index contributed by atoms with van der Waals surface area (Å²) in [6, 6.07) is 12.5. The third-order valence-electron chi connectivity index (χ3n) is 5.01. The number of nitrogens with zero attached hydrogens (tertiary/aromatic N) is 2. The molecule has 2 atom stereocenters. The van der Waals surface area contributed by atoms with Gasteiger partial charge in [0.25, 0.3) is 0 Å². The average molecular weight is 371 g/mol. The van der Waals surface area contributed by atoms with Gasteiger partial charge in [-0.3, -0.25) is 4.79 Å². The van der Waals surface area contributed by atoms with Crippen LogP contribution in [0.3, 0.4) is 0 Å². The number of amides is 1. The molecule has 1 N–H and O–H groups in total. The number of para-hydroxylation sites is 1. The van der Waals surface area contributed by atoms with Crippen molar-refractivity contribution in [1.82, 2.24) is 4.31 Å². The maximum Gasteiger partial charge on any atom is 0.244 e. The van der Waals surface area contributed by atoms with E-state index in [1.807, 2.05) is 6.07 Å². The topological polar surface area (TPSA) is 90.3 Å². The molecule has 2 heterocycles. The third-order valence-corrected chi connectivity index (χ3v) is 6.88. The highest BCUT2D eigenvalue weighted by atomic mass is 32.2. The predicted octanol–water partition coefficient (Wildman–Crippen LogP) is 2.00. The van der Waals surface area contributed by atoms with E-state index in [-0.39, 0.29) is 23.8 Å². The normalized spacial score (nSPS) is 25.1. The Kier molecular flexibility index (Phi) is 3.61. The van der Waals surface area contributed by atoms with E-state index in [0.29, 0.717) is 11.3 Å². The van der Waals surface area contributed by atoms with Crippen molar-refractivity contribution >= 4 is 21.6 Å². The number of benzene rings is 2. The number of hydrogen-bond acceptors (Lipinski definition) is 4. The van der Waals surface area contributed by atoms with Gasteiger partial charge in [-0.05, 0) is 42.3 Å². The molecule has 26 heavy (non-hydrogen) atoms. The van der Waals surface area contributed by atoms with Gasteiger partial charge in [0, 0.05) is 12.2 Å². The minimum Gasteiger partial charge on any atom is -0.325 e. The van der Waals surface area contributed by atoms with Crippen molar-refractivity contribution in [3.05, 3.63) is 59.9 Å². The number of nitrogens with one attached hydrogen (secondary N) is 1. The molecule has 1 saturated heterocycles.